The third-order valence-corrected chi connectivity index (χ3v) is 6.45. The van der Waals surface area contributed by atoms with Gasteiger partial charge in [-0.25, -0.2) is 4.79 Å². The number of aromatic carboxylic acids is 1. The van der Waals surface area contributed by atoms with Crippen molar-refractivity contribution >= 4 is 5.97 Å². The maximum absolute atomic E-state index is 11.3. The minimum absolute atomic E-state index is 0.0784. The van der Waals surface area contributed by atoms with Gasteiger partial charge in [-0.15, -0.1) is 0 Å². The lowest BCUT2D eigenvalue weighted by molar-refractivity contribution is -0.153. The highest BCUT2D eigenvalue weighted by Crippen LogP contribution is 2.53. The molecule has 2 aliphatic heterocycles. The van der Waals surface area contributed by atoms with Gasteiger partial charge in [-0.1, -0.05) is 37.3 Å². The summed E-state index contributed by atoms with van der Waals surface area (Å²) in [6, 6.07) is 14.0. The molecule has 4 rings (SSSR count). The molecule has 2 aliphatic rings. The van der Waals surface area contributed by atoms with E-state index in [1.807, 2.05) is 6.07 Å². The Morgan fingerprint density at radius 1 is 1.18 bits per heavy atom. The molecule has 0 aliphatic carbocycles. The first-order valence-corrected chi connectivity index (χ1v) is 10.1. The summed E-state index contributed by atoms with van der Waals surface area (Å²) < 4.78 is 12.8. The van der Waals surface area contributed by atoms with E-state index < -0.39 is 11.6 Å². The van der Waals surface area contributed by atoms with Crippen LogP contribution in [-0.4, -0.2) is 22.8 Å². The van der Waals surface area contributed by atoms with Crippen molar-refractivity contribution in [2.24, 2.45) is 5.92 Å². The predicted octanol–water partition coefficient (Wildman–Crippen LogP) is 5.37. The SMILES string of the molecule is CCc1ccc([C@H]2C[C@H]3[C@H](O[C@H]2C)c2ccc(C(=O)O)cc2OC3(C)C)cc1. The molecule has 1 N–H and O–H groups in total. The van der Waals surface area contributed by atoms with Crippen molar-refractivity contribution < 1.29 is 19.4 Å². The summed E-state index contributed by atoms with van der Waals surface area (Å²) in [4.78, 5) is 11.3. The molecule has 0 aromatic heterocycles. The highest BCUT2D eigenvalue weighted by Gasteiger charge is 2.49. The molecular formula is C24H28O4. The molecule has 4 nitrogen and oxygen atoms in total. The van der Waals surface area contributed by atoms with E-state index in [9.17, 15) is 9.90 Å². The summed E-state index contributed by atoms with van der Waals surface area (Å²) in [5.41, 5.74) is 3.42. The Hall–Kier alpha value is -2.33. The largest absolute Gasteiger partial charge is 0.487 e. The number of ether oxygens (including phenoxy) is 2. The van der Waals surface area contributed by atoms with Gasteiger partial charge in [-0.3, -0.25) is 0 Å². The van der Waals surface area contributed by atoms with Gasteiger partial charge in [-0.2, -0.15) is 0 Å². The average molecular weight is 380 g/mol. The van der Waals surface area contributed by atoms with Gasteiger partial charge >= 0.3 is 5.97 Å². The number of aryl methyl sites for hydroxylation is 1. The zero-order chi connectivity index (χ0) is 20.1. The molecule has 0 saturated carbocycles. The van der Waals surface area contributed by atoms with E-state index in [0.29, 0.717) is 11.7 Å². The van der Waals surface area contributed by atoms with E-state index in [1.165, 1.54) is 11.1 Å². The highest BCUT2D eigenvalue weighted by molar-refractivity contribution is 5.88. The molecule has 28 heavy (non-hydrogen) atoms. The van der Waals surface area contributed by atoms with Gasteiger partial charge in [0.25, 0.3) is 0 Å². The summed E-state index contributed by atoms with van der Waals surface area (Å²) in [7, 11) is 0. The van der Waals surface area contributed by atoms with Crippen molar-refractivity contribution in [2.75, 3.05) is 0 Å². The van der Waals surface area contributed by atoms with Crippen molar-refractivity contribution in [3.8, 4) is 5.75 Å². The van der Waals surface area contributed by atoms with Crippen LogP contribution in [0.25, 0.3) is 0 Å². The smallest absolute Gasteiger partial charge is 0.335 e. The molecule has 0 amide bonds. The average Bonchev–Trinajstić information content (AvgIpc) is 2.67. The summed E-state index contributed by atoms with van der Waals surface area (Å²) in [6.07, 6.45) is 2.01. The Labute approximate surface area is 166 Å². The number of carboxylic acid groups (broad SMARTS) is 1. The Morgan fingerprint density at radius 2 is 1.89 bits per heavy atom. The quantitative estimate of drug-likeness (QED) is 0.778. The minimum atomic E-state index is -0.945. The van der Waals surface area contributed by atoms with E-state index in [-0.39, 0.29) is 23.7 Å². The first-order valence-electron chi connectivity index (χ1n) is 10.1. The molecule has 0 radical (unpaired) electrons. The molecule has 0 unspecified atom stereocenters. The summed E-state index contributed by atoms with van der Waals surface area (Å²) in [6.45, 7) is 8.47. The van der Waals surface area contributed by atoms with Crippen LogP contribution in [0.15, 0.2) is 42.5 Å². The van der Waals surface area contributed by atoms with Gasteiger partial charge in [0.05, 0.1) is 17.8 Å². The third kappa shape index (κ3) is 3.20. The van der Waals surface area contributed by atoms with Crippen LogP contribution < -0.4 is 4.74 Å². The lowest BCUT2D eigenvalue weighted by Gasteiger charge is -2.50. The van der Waals surface area contributed by atoms with Gasteiger partial charge < -0.3 is 14.6 Å². The van der Waals surface area contributed by atoms with E-state index in [4.69, 9.17) is 9.47 Å². The van der Waals surface area contributed by atoms with E-state index in [2.05, 4.69) is 52.0 Å². The van der Waals surface area contributed by atoms with Crippen LogP contribution in [0.4, 0.5) is 0 Å². The second-order valence-electron chi connectivity index (χ2n) is 8.57. The van der Waals surface area contributed by atoms with Crippen molar-refractivity contribution in [2.45, 2.75) is 64.3 Å². The topological polar surface area (TPSA) is 55.8 Å². The van der Waals surface area contributed by atoms with Crippen molar-refractivity contribution in [1.29, 1.82) is 0 Å². The van der Waals surface area contributed by atoms with Crippen LogP contribution in [-0.2, 0) is 11.2 Å². The second kappa shape index (κ2) is 6.93. The molecule has 148 valence electrons. The van der Waals surface area contributed by atoms with Crippen LogP contribution >= 0.6 is 0 Å². The van der Waals surface area contributed by atoms with Gasteiger partial charge in [0.1, 0.15) is 11.4 Å². The Balaban J connectivity index is 1.67. The van der Waals surface area contributed by atoms with Gasteiger partial charge in [0.2, 0.25) is 0 Å². The molecule has 2 aromatic carbocycles. The fourth-order valence-corrected chi connectivity index (χ4v) is 4.71. The number of benzene rings is 2. The lowest BCUT2D eigenvalue weighted by Crippen LogP contribution is -2.50. The molecule has 1 fully saturated rings. The molecule has 2 aromatic rings. The molecule has 4 heteroatoms. The van der Waals surface area contributed by atoms with Crippen molar-refractivity contribution in [3.63, 3.8) is 0 Å². The standard InChI is InChI=1S/C24H28O4/c1-5-15-6-8-16(9-7-15)19-13-20-22(27-14(19)2)18-11-10-17(23(25)26)12-21(18)28-24(20,3)4/h6-12,14,19-20,22H,5,13H2,1-4H3,(H,25,26)/t14-,19-,20-,22+/m0/s1. The maximum Gasteiger partial charge on any atom is 0.335 e. The molecular weight excluding hydrogens is 352 g/mol. The fraction of sp³-hybridized carbons (Fsp3) is 0.458. The fourth-order valence-electron chi connectivity index (χ4n) is 4.71. The first-order chi connectivity index (χ1) is 13.3. The Morgan fingerprint density at radius 3 is 2.54 bits per heavy atom. The van der Waals surface area contributed by atoms with Gasteiger partial charge in [-0.05, 0) is 56.9 Å². The number of carboxylic acids is 1. The Kier molecular flexibility index (Phi) is 4.70. The van der Waals surface area contributed by atoms with Gasteiger partial charge in [0, 0.05) is 17.4 Å². The molecule has 0 spiro atoms. The minimum Gasteiger partial charge on any atom is -0.487 e. The zero-order valence-electron chi connectivity index (χ0n) is 16.9. The number of hydrogen-bond acceptors (Lipinski definition) is 3. The third-order valence-electron chi connectivity index (χ3n) is 6.45. The predicted molar refractivity (Wildman–Crippen MR) is 108 cm³/mol. The lowest BCUT2D eigenvalue weighted by atomic mass is 9.70. The molecule has 0 bridgehead atoms. The number of carbonyl (C=O) groups is 1. The summed E-state index contributed by atoms with van der Waals surface area (Å²) in [5, 5.41) is 9.30. The van der Waals surface area contributed by atoms with E-state index in [0.717, 1.165) is 18.4 Å². The van der Waals surface area contributed by atoms with Gasteiger partial charge in [0.15, 0.2) is 0 Å². The first kappa shape index (κ1) is 19.0. The van der Waals surface area contributed by atoms with Crippen LogP contribution in [0, 0.1) is 5.92 Å². The molecule has 1 saturated heterocycles. The highest BCUT2D eigenvalue weighted by atomic mass is 16.5. The van der Waals surface area contributed by atoms with Crippen LogP contribution in [0.3, 0.4) is 0 Å². The molecule has 4 atom stereocenters. The zero-order valence-corrected chi connectivity index (χ0v) is 16.9. The van der Waals surface area contributed by atoms with Crippen LogP contribution in [0.2, 0.25) is 0 Å². The molecule has 2 heterocycles. The van der Waals surface area contributed by atoms with E-state index >= 15 is 0 Å². The second-order valence-corrected chi connectivity index (χ2v) is 8.57. The number of fused-ring (bicyclic) bond motifs is 3. The summed E-state index contributed by atoms with van der Waals surface area (Å²) in [5.74, 6) is 0.196. The normalized spacial score (nSPS) is 28.0. The van der Waals surface area contributed by atoms with Crippen LogP contribution in [0.5, 0.6) is 5.75 Å². The number of rotatable bonds is 3. The maximum atomic E-state index is 11.3. The van der Waals surface area contributed by atoms with Crippen molar-refractivity contribution in [1.82, 2.24) is 0 Å². The Bertz CT molecular complexity index is 884. The van der Waals surface area contributed by atoms with E-state index in [1.54, 1.807) is 12.1 Å². The van der Waals surface area contributed by atoms with Crippen LogP contribution in [0.1, 0.15) is 73.2 Å². The summed E-state index contributed by atoms with van der Waals surface area (Å²) >= 11 is 0. The van der Waals surface area contributed by atoms with Crippen molar-refractivity contribution in [3.05, 3.63) is 64.7 Å². The number of hydrogen-bond donors (Lipinski definition) is 1. The monoisotopic (exact) mass is 380 g/mol.